The highest BCUT2D eigenvalue weighted by atomic mass is 32.2. The Morgan fingerprint density at radius 2 is 1.81 bits per heavy atom. The van der Waals surface area contributed by atoms with Crippen LogP contribution in [0.1, 0.15) is 34.6 Å². The van der Waals surface area contributed by atoms with Gasteiger partial charge in [0.25, 0.3) is 0 Å². The number of carbonyl (C=O) groups excluding carboxylic acids is 1. The third-order valence-electron chi connectivity index (χ3n) is 2.04. The second-order valence-corrected chi connectivity index (χ2v) is 6.68. The summed E-state index contributed by atoms with van der Waals surface area (Å²) in [6, 6.07) is 0. The van der Waals surface area contributed by atoms with Gasteiger partial charge in [-0.15, -0.1) is 11.8 Å². The average Bonchev–Trinajstić information content (AvgIpc) is 2.12. The molecule has 0 fully saturated rings. The fourth-order valence-electron chi connectivity index (χ4n) is 0.994. The molecular formula is C11H21NO3S. The van der Waals surface area contributed by atoms with Gasteiger partial charge in [-0.25, -0.2) is 0 Å². The van der Waals surface area contributed by atoms with Gasteiger partial charge in [0.2, 0.25) is 5.91 Å². The number of carboxylic acid groups (broad SMARTS) is 1. The van der Waals surface area contributed by atoms with Crippen molar-refractivity contribution in [2.24, 2.45) is 5.92 Å². The molecule has 0 aliphatic carbocycles. The number of carbonyl (C=O) groups is 2. The maximum atomic E-state index is 11.6. The first-order valence-corrected chi connectivity index (χ1v) is 6.23. The summed E-state index contributed by atoms with van der Waals surface area (Å²) in [4.78, 5) is 22.5. The molecule has 0 aromatic heterocycles. The molecule has 1 unspecified atom stereocenters. The van der Waals surface area contributed by atoms with Crippen LogP contribution in [0.5, 0.6) is 0 Å². The predicted octanol–water partition coefficient (Wildman–Crippen LogP) is 1.74. The summed E-state index contributed by atoms with van der Waals surface area (Å²) in [6.45, 7) is 9.58. The molecule has 1 amide bonds. The van der Waals surface area contributed by atoms with Gasteiger partial charge >= 0.3 is 5.97 Å². The summed E-state index contributed by atoms with van der Waals surface area (Å²) in [5.74, 6) is -0.609. The second kappa shape index (κ2) is 6.13. The van der Waals surface area contributed by atoms with Crippen molar-refractivity contribution in [3.05, 3.63) is 0 Å². The van der Waals surface area contributed by atoms with Crippen molar-refractivity contribution in [2.45, 2.75) is 44.6 Å². The van der Waals surface area contributed by atoms with Crippen molar-refractivity contribution in [1.82, 2.24) is 5.32 Å². The van der Waals surface area contributed by atoms with Gasteiger partial charge < -0.3 is 10.4 Å². The van der Waals surface area contributed by atoms with Crippen LogP contribution in [0.25, 0.3) is 0 Å². The molecule has 5 heteroatoms. The summed E-state index contributed by atoms with van der Waals surface area (Å²) in [5.41, 5.74) is 0. The van der Waals surface area contributed by atoms with E-state index in [1.54, 1.807) is 20.8 Å². The van der Waals surface area contributed by atoms with Crippen molar-refractivity contribution >= 4 is 23.6 Å². The fraction of sp³-hybridized carbons (Fsp3) is 0.818. The van der Waals surface area contributed by atoms with Crippen LogP contribution in [0.3, 0.4) is 0 Å². The zero-order chi connectivity index (χ0) is 12.9. The smallest absolute Gasteiger partial charge is 0.319 e. The lowest BCUT2D eigenvalue weighted by Gasteiger charge is -2.22. The van der Waals surface area contributed by atoms with Crippen LogP contribution in [0.15, 0.2) is 0 Å². The summed E-state index contributed by atoms with van der Waals surface area (Å²) in [7, 11) is 0. The summed E-state index contributed by atoms with van der Waals surface area (Å²) in [6.07, 6.45) is 0. The minimum Gasteiger partial charge on any atom is -0.480 e. The Labute approximate surface area is 101 Å². The molecule has 0 heterocycles. The van der Waals surface area contributed by atoms with Crippen LogP contribution in [0.4, 0.5) is 0 Å². The lowest BCUT2D eigenvalue weighted by atomic mass is 10.2. The van der Waals surface area contributed by atoms with Crippen LogP contribution in [-0.2, 0) is 9.59 Å². The van der Waals surface area contributed by atoms with E-state index in [9.17, 15) is 9.59 Å². The van der Waals surface area contributed by atoms with Crippen LogP contribution >= 0.6 is 11.8 Å². The molecule has 0 bridgehead atoms. The van der Waals surface area contributed by atoms with E-state index in [4.69, 9.17) is 5.11 Å². The maximum Gasteiger partial charge on any atom is 0.319 e. The predicted molar refractivity (Wildman–Crippen MR) is 66.6 cm³/mol. The molecule has 94 valence electrons. The van der Waals surface area contributed by atoms with Crippen molar-refractivity contribution in [1.29, 1.82) is 0 Å². The minimum atomic E-state index is -0.936. The zero-order valence-electron chi connectivity index (χ0n) is 10.5. The molecule has 0 saturated carbocycles. The number of rotatable bonds is 6. The van der Waals surface area contributed by atoms with Crippen LogP contribution < -0.4 is 5.32 Å². The van der Waals surface area contributed by atoms with Crippen molar-refractivity contribution in [2.75, 3.05) is 6.54 Å². The lowest BCUT2D eigenvalue weighted by molar-refractivity contribution is -0.138. The molecule has 0 aromatic rings. The lowest BCUT2D eigenvalue weighted by Crippen LogP contribution is -2.38. The van der Waals surface area contributed by atoms with Crippen LogP contribution in [0, 0.1) is 5.92 Å². The summed E-state index contributed by atoms with van der Waals surface area (Å²) in [5, 5.41) is 11.4. The molecular weight excluding hydrogens is 226 g/mol. The highest BCUT2D eigenvalue weighted by Crippen LogP contribution is 2.28. The monoisotopic (exact) mass is 247 g/mol. The Bertz CT molecular complexity index is 264. The fourth-order valence-corrected chi connectivity index (χ4v) is 2.17. The third-order valence-corrected chi connectivity index (χ3v) is 3.37. The highest BCUT2D eigenvalue weighted by Gasteiger charge is 2.32. The van der Waals surface area contributed by atoms with Gasteiger partial charge in [0.1, 0.15) is 4.75 Å². The van der Waals surface area contributed by atoms with Gasteiger partial charge in [0.15, 0.2) is 0 Å². The first-order valence-electron chi connectivity index (χ1n) is 5.35. The molecule has 2 N–H and O–H groups in total. The van der Waals surface area contributed by atoms with E-state index in [0.717, 1.165) is 11.8 Å². The molecule has 0 radical (unpaired) electrons. The topological polar surface area (TPSA) is 66.4 Å². The van der Waals surface area contributed by atoms with Crippen molar-refractivity contribution < 1.29 is 14.7 Å². The maximum absolute atomic E-state index is 11.6. The largest absolute Gasteiger partial charge is 0.480 e. The number of carboxylic acids is 1. The quantitative estimate of drug-likeness (QED) is 0.750. The molecule has 0 aromatic carbocycles. The van der Waals surface area contributed by atoms with Gasteiger partial charge in [-0.1, -0.05) is 13.8 Å². The molecule has 4 nitrogen and oxygen atoms in total. The molecule has 0 saturated heterocycles. The number of aliphatic carboxylic acids is 1. The van der Waals surface area contributed by atoms with Gasteiger partial charge in [-0.05, 0) is 26.7 Å². The molecule has 0 aliphatic heterocycles. The van der Waals surface area contributed by atoms with Gasteiger partial charge in [0.05, 0.1) is 5.25 Å². The van der Waals surface area contributed by atoms with E-state index in [1.807, 2.05) is 13.8 Å². The second-order valence-electron chi connectivity index (χ2n) is 4.71. The standard InChI is InChI=1S/C11H21NO3S/c1-7(2)6-12-9(13)8(3)16-11(4,5)10(14)15/h7-8H,6H2,1-5H3,(H,12,13)(H,14,15). The van der Waals surface area contributed by atoms with Crippen LogP contribution in [0.2, 0.25) is 0 Å². The first kappa shape index (κ1) is 15.3. The van der Waals surface area contributed by atoms with E-state index < -0.39 is 10.7 Å². The Morgan fingerprint density at radius 3 is 2.19 bits per heavy atom. The Morgan fingerprint density at radius 1 is 1.31 bits per heavy atom. The normalized spacial score (nSPS) is 13.6. The molecule has 1 atom stereocenters. The van der Waals surface area contributed by atoms with E-state index in [2.05, 4.69) is 5.32 Å². The zero-order valence-corrected chi connectivity index (χ0v) is 11.4. The third kappa shape index (κ3) is 5.39. The Kier molecular flexibility index (Phi) is 5.86. The Balaban J connectivity index is 4.20. The van der Waals surface area contributed by atoms with Crippen molar-refractivity contribution in [3.63, 3.8) is 0 Å². The van der Waals surface area contributed by atoms with Gasteiger partial charge in [-0.3, -0.25) is 9.59 Å². The summed E-state index contributed by atoms with van der Waals surface area (Å²) >= 11 is 1.16. The number of thioether (sulfide) groups is 1. The highest BCUT2D eigenvalue weighted by molar-refractivity contribution is 8.02. The molecule has 0 aliphatic rings. The molecule has 16 heavy (non-hydrogen) atoms. The molecule has 0 rings (SSSR count). The van der Waals surface area contributed by atoms with E-state index >= 15 is 0 Å². The Hall–Kier alpha value is -0.710. The summed E-state index contributed by atoms with van der Waals surface area (Å²) < 4.78 is -0.936. The van der Waals surface area contributed by atoms with Gasteiger partial charge in [-0.2, -0.15) is 0 Å². The first-order chi connectivity index (χ1) is 7.16. The minimum absolute atomic E-state index is 0.104. The number of nitrogens with one attached hydrogen (secondary N) is 1. The average molecular weight is 247 g/mol. The van der Waals surface area contributed by atoms with Gasteiger partial charge in [0, 0.05) is 6.54 Å². The van der Waals surface area contributed by atoms with Crippen molar-refractivity contribution in [3.8, 4) is 0 Å². The SMILES string of the molecule is CC(C)CNC(=O)C(C)SC(C)(C)C(=O)O. The number of hydrogen-bond acceptors (Lipinski definition) is 3. The van der Waals surface area contributed by atoms with E-state index in [0.29, 0.717) is 12.5 Å². The number of hydrogen-bond donors (Lipinski definition) is 2. The van der Waals surface area contributed by atoms with Crippen LogP contribution in [-0.4, -0.2) is 33.5 Å². The van der Waals surface area contributed by atoms with E-state index in [1.165, 1.54) is 0 Å². The molecule has 0 spiro atoms. The van der Waals surface area contributed by atoms with E-state index in [-0.39, 0.29) is 11.2 Å². The number of amides is 1.